The molecule has 6 aliphatic heterocycles. The van der Waals surface area contributed by atoms with Crippen molar-refractivity contribution in [2.45, 2.75) is 27.7 Å². The third-order valence-electron chi connectivity index (χ3n) is 7.78. The Morgan fingerprint density at radius 3 is 1.24 bits per heavy atom. The molecule has 0 unspecified atom stereocenters. The second-order valence-electron chi connectivity index (χ2n) is 10.4. The lowest BCUT2D eigenvalue weighted by Gasteiger charge is -2.43. The van der Waals surface area contributed by atoms with Crippen LogP contribution in [-0.4, -0.2) is 60.1 Å². The van der Waals surface area contributed by atoms with E-state index in [0.717, 1.165) is 11.1 Å². The van der Waals surface area contributed by atoms with Crippen molar-refractivity contribution in [1.29, 1.82) is 0 Å². The standard InChI is InChI=1S/C36H32N2O8/c1-5-43-33(39)23-19-25(35(41)45-7-3)31-17-15-21(27-11-9-13-29(23)37(27)31)22-16-18-32-26(36(42)46-8-4)20-24(34(40)44-6-2)30-14-10-12-28(22)38(30)32/h9-20H,5-8H2,1-4H3. The van der Waals surface area contributed by atoms with Crippen LogP contribution in [0.3, 0.4) is 0 Å². The lowest BCUT2D eigenvalue weighted by molar-refractivity contribution is -0.140. The third-order valence-corrected chi connectivity index (χ3v) is 7.78. The lowest BCUT2D eigenvalue weighted by atomic mass is 9.84. The zero-order chi connectivity index (χ0) is 32.5. The number of esters is 4. The van der Waals surface area contributed by atoms with Gasteiger partial charge in [-0.2, -0.15) is 0 Å². The van der Waals surface area contributed by atoms with Crippen molar-refractivity contribution >= 4 is 23.9 Å². The molecular formula is C36H32N2O8. The molecule has 6 rings (SSSR count). The number of hydrogen-bond donors (Lipinski definition) is 0. The normalized spacial score (nSPS) is 18.9. The second-order valence-corrected chi connectivity index (χ2v) is 10.4. The van der Waals surface area contributed by atoms with Gasteiger partial charge in [0.15, 0.2) is 0 Å². The number of hydrogen-bond acceptors (Lipinski definition) is 10. The Hall–Kier alpha value is -5.64. The quantitative estimate of drug-likeness (QED) is 0.264. The summed E-state index contributed by atoms with van der Waals surface area (Å²) in [4.78, 5) is 56.2. The molecule has 0 bridgehead atoms. The summed E-state index contributed by atoms with van der Waals surface area (Å²) in [5, 5.41) is 0. The minimum atomic E-state index is -0.558. The van der Waals surface area contributed by atoms with Crippen molar-refractivity contribution in [3.63, 3.8) is 0 Å². The number of carbonyl (C=O) groups excluding carboxylic acids is 4. The minimum absolute atomic E-state index is 0.170. The Morgan fingerprint density at radius 2 is 0.870 bits per heavy atom. The Morgan fingerprint density at radius 1 is 0.500 bits per heavy atom. The predicted molar refractivity (Wildman–Crippen MR) is 167 cm³/mol. The molecule has 46 heavy (non-hydrogen) atoms. The summed E-state index contributed by atoms with van der Waals surface area (Å²) in [6.45, 7) is 7.57. The minimum Gasteiger partial charge on any atom is -0.462 e. The van der Waals surface area contributed by atoms with Crippen molar-refractivity contribution in [3.05, 3.63) is 141 Å². The molecule has 6 aliphatic rings. The van der Waals surface area contributed by atoms with Crippen LogP contribution in [0, 0.1) is 0 Å². The second kappa shape index (κ2) is 12.4. The SMILES string of the molecule is CCOC(=O)C1=CC(C(=O)OCC)=C2C=CC=C3C(C4=CC=C5C(C(=O)OCC)=CC(C(=O)OCC)=C6C=CC=C4N56)=CC=C1N32. The maximum absolute atomic E-state index is 13.1. The first kappa shape index (κ1) is 30.4. The molecule has 234 valence electrons. The average Bonchev–Trinajstić information content (AvgIpc) is 3.06. The monoisotopic (exact) mass is 620 g/mol. The number of allylic oxidation sites excluding steroid dienone is 12. The largest absolute Gasteiger partial charge is 0.462 e. The highest BCUT2D eigenvalue weighted by atomic mass is 16.5. The molecule has 10 heteroatoms. The Kier molecular flexibility index (Phi) is 8.19. The summed E-state index contributed by atoms with van der Waals surface area (Å²) in [6.07, 6.45) is 21.6. The van der Waals surface area contributed by atoms with Gasteiger partial charge in [0.05, 0.1) is 82.9 Å². The van der Waals surface area contributed by atoms with Crippen LogP contribution in [-0.2, 0) is 38.1 Å². The summed E-state index contributed by atoms with van der Waals surface area (Å²) < 4.78 is 21.4. The van der Waals surface area contributed by atoms with E-state index in [-0.39, 0.29) is 48.7 Å². The topological polar surface area (TPSA) is 112 Å². The summed E-state index contributed by atoms with van der Waals surface area (Å²) >= 11 is 0. The zero-order valence-electron chi connectivity index (χ0n) is 25.9. The molecule has 0 aromatic rings. The van der Waals surface area contributed by atoms with E-state index in [1.54, 1.807) is 39.8 Å². The van der Waals surface area contributed by atoms with Crippen LogP contribution in [0.25, 0.3) is 0 Å². The van der Waals surface area contributed by atoms with Gasteiger partial charge < -0.3 is 28.7 Å². The van der Waals surface area contributed by atoms with Crippen LogP contribution in [0.5, 0.6) is 0 Å². The van der Waals surface area contributed by atoms with Crippen molar-refractivity contribution in [3.8, 4) is 0 Å². The van der Waals surface area contributed by atoms with Gasteiger partial charge >= 0.3 is 23.9 Å². The molecule has 0 N–H and O–H groups in total. The highest BCUT2D eigenvalue weighted by Gasteiger charge is 2.41. The number of rotatable bonds is 9. The lowest BCUT2D eigenvalue weighted by Crippen LogP contribution is -2.37. The fraction of sp³-hybridized carbons (Fsp3) is 0.222. The van der Waals surface area contributed by atoms with Crippen molar-refractivity contribution in [2.75, 3.05) is 26.4 Å². The van der Waals surface area contributed by atoms with E-state index in [2.05, 4.69) is 0 Å². The first-order valence-electron chi connectivity index (χ1n) is 15.2. The molecule has 0 saturated carbocycles. The molecule has 0 atom stereocenters. The van der Waals surface area contributed by atoms with Gasteiger partial charge in [0.2, 0.25) is 0 Å². The van der Waals surface area contributed by atoms with E-state index >= 15 is 0 Å². The van der Waals surface area contributed by atoms with E-state index in [1.807, 2.05) is 58.4 Å². The van der Waals surface area contributed by atoms with E-state index in [4.69, 9.17) is 18.9 Å². The maximum Gasteiger partial charge on any atom is 0.340 e. The van der Waals surface area contributed by atoms with E-state index in [9.17, 15) is 19.2 Å². The Balaban J connectivity index is 1.51. The number of ether oxygens (including phenoxy) is 4. The van der Waals surface area contributed by atoms with Gasteiger partial charge in [-0.05, 0) is 76.3 Å². The molecule has 0 radical (unpaired) electrons. The fourth-order valence-corrected chi connectivity index (χ4v) is 5.97. The Labute approximate surface area is 266 Å². The zero-order valence-corrected chi connectivity index (χ0v) is 25.9. The van der Waals surface area contributed by atoms with Crippen molar-refractivity contribution < 1.29 is 38.1 Å². The van der Waals surface area contributed by atoms with E-state index in [1.165, 1.54) is 12.2 Å². The Bertz CT molecular complexity index is 1710. The summed E-state index contributed by atoms with van der Waals surface area (Å²) in [5.74, 6) is -2.23. The molecule has 0 saturated heterocycles. The highest BCUT2D eigenvalue weighted by molar-refractivity contribution is 6.03. The van der Waals surface area contributed by atoms with E-state index in [0.29, 0.717) is 34.2 Å². The third kappa shape index (κ3) is 4.92. The van der Waals surface area contributed by atoms with Gasteiger partial charge in [0, 0.05) is 11.1 Å². The highest BCUT2D eigenvalue weighted by Crippen LogP contribution is 2.48. The smallest absolute Gasteiger partial charge is 0.340 e. The van der Waals surface area contributed by atoms with E-state index < -0.39 is 23.9 Å². The molecule has 0 aromatic carbocycles. The molecule has 0 spiro atoms. The molecule has 10 nitrogen and oxygen atoms in total. The summed E-state index contributed by atoms with van der Waals surface area (Å²) in [7, 11) is 0. The molecule has 0 aromatic heterocycles. The van der Waals surface area contributed by atoms with Gasteiger partial charge in [-0.25, -0.2) is 19.2 Å². The van der Waals surface area contributed by atoms with Crippen molar-refractivity contribution in [2.24, 2.45) is 0 Å². The maximum atomic E-state index is 13.1. The van der Waals surface area contributed by atoms with Gasteiger partial charge in [-0.15, -0.1) is 0 Å². The molecule has 0 fully saturated rings. The van der Waals surface area contributed by atoms with Crippen LogP contribution in [0.4, 0.5) is 0 Å². The van der Waals surface area contributed by atoms with Crippen molar-refractivity contribution in [1.82, 2.24) is 9.80 Å². The molecule has 0 amide bonds. The van der Waals surface area contributed by atoms with Crippen LogP contribution in [0.2, 0.25) is 0 Å². The summed E-state index contributed by atoms with van der Waals surface area (Å²) in [5.41, 5.74) is 6.12. The first-order chi connectivity index (χ1) is 22.3. The van der Waals surface area contributed by atoms with Gasteiger partial charge in [-0.1, -0.05) is 24.3 Å². The molecule has 0 aliphatic carbocycles. The first-order valence-corrected chi connectivity index (χ1v) is 15.2. The van der Waals surface area contributed by atoms with Gasteiger partial charge in [-0.3, -0.25) is 0 Å². The van der Waals surface area contributed by atoms with Gasteiger partial charge in [0.1, 0.15) is 0 Å². The predicted octanol–water partition coefficient (Wildman–Crippen LogP) is 4.79. The summed E-state index contributed by atoms with van der Waals surface area (Å²) in [6, 6.07) is 0. The molecular weight excluding hydrogens is 588 g/mol. The molecule has 6 heterocycles. The number of carbonyl (C=O) groups is 4. The number of nitrogens with zero attached hydrogens (tertiary/aromatic N) is 2. The van der Waals surface area contributed by atoms with Crippen LogP contribution < -0.4 is 0 Å². The van der Waals surface area contributed by atoms with Crippen LogP contribution in [0.15, 0.2) is 141 Å². The van der Waals surface area contributed by atoms with Crippen LogP contribution in [0.1, 0.15) is 27.7 Å². The fourth-order valence-electron chi connectivity index (χ4n) is 5.97. The van der Waals surface area contributed by atoms with Crippen LogP contribution >= 0.6 is 0 Å². The average molecular weight is 621 g/mol. The van der Waals surface area contributed by atoms with Gasteiger partial charge in [0.25, 0.3) is 0 Å².